The third-order valence-corrected chi connectivity index (χ3v) is 27.9. The largest absolute Gasteiger partial charge is 0.508 e. The number of aromatic hydroxyl groups is 1. The van der Waals surface area contributed by atoms with Gasteiger partial charge < -0.3 is 120 Å². The van der Waals surface area contributed by atoms with Gasteiger partial charge in [-0.15, -0.1) is 11.8 Å². The average Bonchev–Trinajstić information content (AvgIpc) is 1.66. The molecule has 0 saturated carbocycles. The number of aliphatic hydroxyl groups excluding tert-OH is 1. The molecule has 11 rings (SSSR count). The second-order valence-corrected chi connectivity index (χ2v) is 40.1. The number of anilines is 1. The highest BCUT2D eigenvalue weighted by molar-refractivity contribution is 9.10. The molecule has 4 bridgehead atoms. The number of hydrogen-bond acceptors (Lipinski definition) is 23. The highest BCUT2D eigenvalue weighted by Crippen LogP contribution is 2.31. The van der Waals surface area contributed by atoms with Crippen LogP contribution in [0.4, 0.5) is 5.69 Å². The molecular weight excluding hydrogens is 1940 g/mol. The van der Waals surface area contributed by atoms with Crippen LogP contribution in [0.3, 0.4) is 0 Å². The van der Waals surface area contributed by atoms with Crippen molar-refractivity contribution in [1.29, 1.82) is 0 Å². The summed E-state index contributed by atoms with van der Waals surface area (Å²) in [5.74, 6) is -17.8. The number of likely N-dealkylation sites (N-methyl/N-ethyl adjacent to an activating group) is 3. The minimum absolute atomic E-state index is 0.0178. The van der Waals surface area contributed by atoms with Crippen LogP contribution in [-0.2, 0) is 112 Å². The van der Waals surface area contributed by atoms with E-state index in [0.717, 1.165) is 26.5 Å². The molecule has 144 heavy (non-hydrogen) atoms. The van der Waals surface area contributed by atoms with Crippen molar-refractivity contribution in [3.05, 3.63) is 137 Å². The highest BCUT2D eigenvalue weighted by atomic mass is 79.9. The number of primary amides is 2. The SMILES string of the molecule is CCCC[C@H]1C(=O)N(C)[C@@H](CCCC)C(=O)N[C@@H](CC(C)C)C(=O)N[C@H](C(=O)NCC(N)=O)CSCC(=O)N[C@@H](Cc2ccc(O)cc2)C(=O)N(C)[C@@H](C)C(=O)N[C@@H](CC(N)=O)C(=O)N2CCC[C@H]2C(=O)N[C@@H](CNc2ccnc3ccc(Br)cc23)C(=O)N[C@@H](CC(C)C)C(=O)N2C[C@H](O)C[C@H]2C(=O)N[C@@H](Cc2c[nH]c3ccccc23)C(=O)N[C@H]2CCNC(=O)Cn3cc(c4ccccc43)C[C@H](NC2=O)C(=O)N1C. The number of carbonyl (C=O) groups excluding carboxylic acids is 18. The van der Waals surface area contributed by atoms with Crippen LogP contribution in [0, 0.1) is 11.8 Å². The molecule has 3 saturated heterocycles. The van der Waals surface area contributed by atoms with E-state index in [1.54, 1.807) is 117 Å². The third kappa shape index (κ3) is 29.3. The van der Waals surface area contributed by atoms with Crippen LogP contribution in [0.25, 0.3) is 32.7 Å². The van der Waals surface area contributed by atoms with Crippen molar-refractivity contribution in [2.24, 2.45) is 23.3 Å². The van der Waals surface area contributed by atoms with Gasteiger partial charge in [0.25, 0.3) is 0 Å². The molecule has 4 aromatic carbocycles. The molecule has 0 aliphatic carbocycles. The Morgan fingerprint density at radius 1 is 0.583 bits per heavy atom. The topological polar surface area (TPSA) is 594 Å². The number of amides is 18. The number of aromatic amines is 1. The predicted molar refractivity (Wildman–Crippen MR) is 540 cm³/mol. The first-order chi connectivity index (χ1) is 68.6. The zero-order chi connectivity index (χ0) is 105. The Kier molecular flexibility index (Phi) is 39.5. The minimum atomic E-state index is -1.79. The van der Waals surface area contributed by atoms with Crippen molar-refractivity contribution >= 4 is 172 Å². The summed E-state index contributed by atoms with van der Waals surface area (Å²) < 4.78 is 2.35. The van der Waals surface area contributed by atoms with Crippen molar-refractivity contribution < 1.29 is 96.5 Å². The molecule has 44 heteroatoms. The van der Waals surface area contributed by atoms with E-state index in [9.17, 15) is 48.6 Å². The summed E-state index contributed by atoms with van der Waals surface area (Å²) in [6.07, 6.45) is 2.84. The zero-order valence-corrected chi connectivity index (χ0v) is 85.0. The van der Waals surface area contributed by atoms with E-state index in [1.807, 2.05) is 13.8 Å². The number of nitrogens with zero attached hydrogens (tertiary/aromatic N) is 7. The summed E-state index contributed by atoms with van der Waals surface area (Å²) >= 11 is 4.32. The lowest BCUT2D eigenvalue weighted by molar-refractivity contribution is -0.149. The van der Waals surface area contributed by atoms with Gasteiger partial charge in [-0.3, -0.25) is 91.3 Å². The maximum atomic E-state index is 16.1. The Morgan fingerprint density at radius 3 is 1.91 bits per heavy atom. The van der Waals surface area contributed by atoms with Crippen molar-refractivity contribution in [3.8, 4) is 5.75 Å². The summed E-state index contributed by atoms with van der Waals surface area (Å²) in [4.78, 5) is 282. The number of nitrogens with two attached hydrogens (primary N) is 2. The number of aromatic nitrogens is 3. The summed E-state index contributed by atoms with van der Waals surface area (Å²) in [6, 6.07) is 5.25. The molecule has 0 radical (unpaired) electrons. The number of aliphatic hydroxyl groups is 1. The molecule has 7 aromatic rings. The van der Waals surface area contributed by atoms with Crippen molar-refractivity contribution in [1.82, 2.24) is 97.5 Å². The van der Waals surface area contributed by atoms with Crippen LogP contribution in [-0.4, -0.2) is 312 Å². The molecule has 776 valence electrons. The quantitative estimate of drug-likeness (QED) is 0.0455. The number of phenols is 1. The van der Waals surface area contributed by atoms with Crippen LogP contribution < -0.4 is 75.3 Å². The molecule has 15 atom stereocenters. The molecule has 0 unspecified atom stereocenters. The molecule has 19 N–H and O–H groups in total. The fourth-order valence-corrected chi connectivity index (χ4v) is 19.7. The molecule has 18 amide bonds. The van der Waals surface area contributed by atoms with Crippen LogP contribution in [0.5, 0.6) is 5.75 Å². The standard InChI is InChI=1S/C100H133BrN22O20S/c1-11-13-23-79-93(136)111-70(38-54(3)4)90(133)117-77(88(131)108-48-84(103)127)52-144-53-86(129)109-73(40-57-27-30-61(124)31-28-57)96(139)118(8)56(7)87(130)113-75(45-83(102)126)98(141)122-37-19-26-80(122)94(137)116-76(47-107-68-33-35-104-67-32-29-60(101)43-65(67)68)92(135)114-72(39-55(5)6)99(142)123-50-62(125)44-82(123)95(138)112-71(41-58-46-106-66-22-17-15-20-63(58)66)91(134)110-69-34-36-105-85(128)51-121-49-59(64-21-16-18-25-78(64)121)42-74(115-89(69)132)97(140)120(10)81(24-14-12-2)100(143)119(79)9/h15-18,20-22,25,27-33,35,43,46,49,54-56,62,69-77,79-82,106,124-125H,11-14,19,23-24,26,34,36-42,44-45,47-48,50-53H2,1-10H3,(H2,102,126)(H2,103,127)(H,104,107)(H,105,128)(H,108,131)(H,109,129)(H,110,134)(H,111,136)(H,112,138)(H,113,130)(H,114,135)(H,115,132)(H,116,137)(H,117,133)/t56-,62+,69-,70-,71-,72-,73-,74-,75-,76-,77-,79-,80-,81-,82-/m0/s1. The normalized spacial score (nSPS) is 24.6. The first-order valence-electron chi connectivity index (χ1n) is 48.8. The number of nitrogens with one attached hydrogen (secondary N) is 13. The number of carbonyl (C=O) groups is 18. The van der Waals surface area contributed by atoms with Crippen molar-refractivity contribution in [2.45, 2.75) is 248 Å². The van der Waals surface area contributed by atoms with E-state index in [2.05, 4.69) is 89.7 Å². The van der Waals surface area contributed by atoms with E-state index >= 15 is 47.9 Å². The number of fused-ring (bicyclic) bond motifs is 12. The van der Waals surface area contributed by atoms with E-state index < -0.39 is 247 Å². The Balaban J connectivity index is 0.979. The molecular formula is C100H133BrN22O20S. The molecule has 42 nitrogen and oxygen atoms in total. The van der Waals surface area contributed by atoms with Gasteiger partial charge in [0.05, 0.1) is 30.3 Å². The van der Waals surface area contributed by atoms with E-state index in [1.165, 1.54) is 68.3 Å². The molecule has 4 aliphatic heterocycles. The predicted octanol–water partition coefficient (Wildman–Crippen LogP) is 1.31. The molecule has 7 heterocycles. The van der Waals surface area contributed by atoms with E-state index in [4.69, 9.17) is 11.5 Å². The smallest absolute Gasteiger partial charge is 0.246 e. The van der Waals surface area contributed by atoms with Gasteiger partial charge in [-0.05, 0) is 129 Å². The van der Waals surface area contributed by atoms with E-state index in [0.29, 0.717) is 85.2 Å². The summed E-state index contributed by atoms with van der Waals surface area (Å²) in [5, 5.41) is 57.2. The summed E-state index contributed by atoms with van der Waals surface area (Å²) in [7, 11) is 4.01. The number of H-pyrrole nitrogens is 1. The number of phenolic OH excluding ortho intramolecular Hbond substituents is 1. The van der Waals surface area contributed by atoms with Crippen molar-refractivity contribution in [2.75, 3.05) is 70.7 Å². The van der Waals surface area contributed by atoms with Crippen LogP contribution in [0.2, 0.25) is 0 Å². The molecule has 4 aliphatic rings. The lowest BCUT2D eigenvalue weighted by Gasteiger charge is -2.36. The average molecular weight is 2080 g/mol. The van der Waals surface area contributed by atoms with Gasteiger partial charge >= 0.3 is 0 Å². The number of para-hydroxylation sites is 2. The van der Waals surface area contributed by atoms with Crippen LogP contribution >= 0.6 is 27.7 Å². The van der Waals surface area contributed by atoms with Gasteiger partial charge in [-0.2, -0.15) is 0 Å². The number of thioether (sulfide) groups is 1. The van der Waals surface area contributed by atoms with Crippen LogP contribution in [0.15, 0.2) is 120 Å². The Hall–Kier alpha value is -13.8. The molecule has 3 aromatic heterocycles. The number of benzene rings is 4. The number of pyridine rings is 1. The fourth-order valence-electron chi connectivity index (χ4n) is 18.5. The minimum Gasteiger partial charge on any atom is -0.508 e. The maximum Gasteiger partial charge on any atom is 0.246 e. The maximum absolute atomic E-state index is 16.1. The first kappa shape index (κ1) is 111. The number of hydrogen-bond donors (Lipinski definition) is 17. The van der Waals surface area contributed by atoms with Gasteiger partial charge in [0.15, 0.2) is 0 Å². The van der Waals surface area contributed by atoms with Gasteiger partial charge in [0, 0.05) is 135 Å². The second kappa shape index (κ2) is 51.4. The third-order valence-electron chi connectivity index (χ3n) is 26.3. The molecule has 3 fully saturated rings. The highest BCUT2D eigenvalue weighted by Gasteiger charge is 2.47. The molecule has 0 spiro atoms. The first-order valence-corrected chi connectivity index (χ1v) is 50.7. The second-order valence-electron chi connectivity index (χ2n) is 38.1. The van der Waals surface area contributed by atoms with E-state index in [-0.39, 0.29) is 95.5 Å². The number of halogens is 1. The summed E-state index contributed by atoms with van der Waals surface area (Å²) in [5.41, 5.74) is 14.9. The Labute approximate surface area is 846 Å². The Morgan fingerprint density at radius 2 is 1.21 bits per heavy atom. The van der Waals surface area contributed by atoms with Gasteiger partial charge in [0.1, 0.15) is 96.9 Å². The van der Waals surface area contributed by atoms with Gasteiger partial charge in [-0.25, -0.2) is 0 Å². The number of rotatable bonds is 22. The van der Waals surface area contributed by atoms with Crippen LogP contribution in [0.1, 0.15) is 149 Å². The fraction of sp³-hybridized carbons (Fsp3) is 0.510. The number of unbranched alkanes of at least 4 members (excludes halogenated alkanes) is 2. The van der Waals surface area contributed by atoms with Gasteiger partial charge in [-0.1, -0.05) is 132 Å². The lowest BCUT2D eigenvalue weighted by Crippen LogP contribution is -2.62. The van der Waals surface area contributed by atoms with Crippen molar-refractivity contribution in [3.63, 3.8) is 0 Å². The zero-order valence-electron chi connectivity index (χ0n) is 82.6. The lowest BCUT2D eigenvalue weighted by atomic mass is 9.99. The van der Waals surface area contributed by atoms with Gasteiger partial charge in [0.2, 0.25) is 106 Å². The monoisotopic (exact) mass is 2070 g/mol. The summed E-state index contributed by atoms with van der Waals surface area (Å²) in [6.45, 7) is 9.88. The Bertz CT molecular complexity index is 5880.